The second-order valence-electron chi connectivity index (χ2n) is 3.93. The predicted molar refractivity (Wildman–Crippen MR) is 76.2 cm³/mol. The lowest BCUT2D eigenvalue weighted by atomic mass is 10.2. The number of carbonyl (C=O) groups excluding carboxylic acids is 1. The molecule has 0 bridgehead atoms. The minimum atomic E-state index is -0.508. The fourth-order valence-electron chi connectivity index (χ4n) is 1.95. The van der Waals surface area contributed by atoms with Crippen molar-refractivity contribution in [1.29, 1.82) is 0 Å². The molecule has 7 heteroatoms. The van der Waals surface area contributed by atoms with Crippen LogP contribution < -0.4 is 0 Å². The Bertz CT molecular complexity index is 633. The van der Waals surface area contributed by atoms with Gasteiger partial charge >= 0.3 is 0 Å². The molecule has 0 radical (unpaired) electrons. The zero-order valence-corrected chi connectivity index (χ0v) is 11.6. The molecule has 1 N–H and O–H groups in total. The van der Waals surface area contributed by atoms with Gasteiger partial charge in [-0.1, -0.05) is 6.58 Å². The summed E-state index contributed by atoms with van der Waals surface area (Å²) in [5.74, 6) is -0.400. The zero-order chi connectivity index (χ0) is 14.2. The van der Waals surface area contributed by atoms with Crippen LogP contribution in [-0.4, -0.2) is 39.0 Å². The number of fused-ring (bicyclic) bond motifs is 1. The second-order valence-corrected chi connectivity index (χ2v) is 4.96. The highest BCUT2D eigenvalue weighted by atomic mass is 32.1. The molecule has 0 fully saturated rings. The molecule has 0 unspecified atom stereocenters. The first-order valence-electron chi connectivity index (χ1n) is 5.52. The summed E-state index contributed by atoms with van der Waals surface area (Å²) in [6.45, 7) is 8.29. The van der Waals surface area contributed by atoms with Gasteiger partial charge in [0.2, 0.25) is 0 Å². The van der Waals surface area contributed by atoms with Crippen molar-refractivity contribution < 1.29 is 9.90 Å². The third kappa shape index (κ3) is 1.96. The predicted octanol–water partition coefficient (Wildman–Crippen LogP) is 1.59. The minimum Gasteiger partial charge on any atom is -0.374 e. The molecule has 0 aliphatic heterocycles. The van der Waals surface area contributed by atoms with Crippen molar-refractivity contribution >= 4 is 40.4 Å². The maximum absolute atomic E-state index is 12.2. The zero-order valence-electron chi connectivity index (χ0n) is 10.8. The first kappa shape index (κ1) is 13.4. The molecule has 1 amide bonds. The third-order valence-electron chi connectivity index (χ3n) is 2.89. The Balaban J connectivity index is 2.62. The lowest BCUT2D eigenvalue weighted by Crippen LogP contribution is -2.28. The van der Waals surface area contributed by atoms with Gasteiger partial charge in [0, 0.05) is 13.8 Å². The summed E-state index contributed by atoms with van der Waals surface area (Å²) in [6, 6.07) is 0. The average molecular weight is 278 g/mol. The lowest BCUT2D eigenvalue weighted by molar-refractivity contribution is 0.0558. The molecule has 0 saturated carbocycles. The standard InChI is InChI=1S/C12H14N4O2S/c1-5-8-14-11-10(19-8)7(2)9(15(11)4)12(18)16(6-17)13-3/h5,17H,1,3,6H2,2,4H3. The highest BCUT2D eigenvalue weighted by molar-refractivity contribution is 7.19. The number of carbonyl (C=O) groups is 1. The van der Waals surface area contributed by atoms with Gasteiger partial charge in [-0.15, -0.1) is 11.3 Å². The number of aromatic nitrogens is 2. The van der Waals surface area contributed by atoms with E-state index in [1.54, 1.807) is 17.7 Å². The number of aliphatic hydroxyl groups excluding tert-OH is 1. The molecule has 2 heterocycles. The molecule has 0 saturated heterocycles. The van der Waals surface area contributed by atoms with Crippen LogP contribution in [0, 0.1) is 6.92 Å². The quantitative estimate of drug-likeness (QED) is 0.524. The summed E-state index contributed by atoms with van der Waals surface area (Å²) in [5, 5.41) is 14.3. The van der Waals surface area contributed by atoms with Gasteiger partial charge in [-0.25, -0.2) is 9.99 Å². The number of rotatable bonds is 4. The number of nitrogens with zero attached hydrogens (tertiary/aromatic N) is 4. The molecule has 0 spiro atoms. The van der Waals surface area contributed by atoms with Gasteiger partial charge in [0.15, 0.2) is 5.65 Å². The van der Waals surface area contributed by atoms with Gasteiger partial charge in [-0.05, 0) is 18.6 Å². The van der Waals surface area contributed by atoms with Crippen molar-refractivity contribution in [3.63, 3.8) is 0 Å². The highest BCUT2D eigenvalue weighted by Crippen LogP contribution is 2.31. The summed E-state index contributed by atoms with van der Waals surface area (Å²) in [6.07, 6.45) is 1.68. The van der Waals surface area contributed by atoms with E-state index in [1.165, 1.54) is 11.3 Å². The van der Waals surface area contributed by atoms with Crippen LogP contribution in [0.4, 0.5) is 0 Å². The van der Waals surface area contributed by atoms with E-state index in [2.05, 4.69) is 23.4 Å². The van der Waals surface area contributed by atoms with E-state index in [0.717, 1.165) is 25.9 Å². The maximum atomic E-state index is 12.2. The molecule has 2 aromatic rings. The molecular formula is C12H14N4O2S. The Hall–Kier alpha value is -1.99. The average Bonchev–Trinajstić information content (AvgIpc) is 2.92. The van der Waals surface area contributed by atoms with E-state index in [1.807, 2.05) is 6.92 Å². The fourth-order valence-corrected chi connectivity index (χ4v) is 2.90. The molecule has 2 rings (SSSR count). The smallest absolute Gasteiger partial charge is 0.293 e. The van der Waals surface area contributed by atoms with Crippen LogP contribution >= 0.6 is 11.3 Å². The van der Waals surface area contributed by atoms with Crippen LogP contribution in [0.1, 0.15) is 21.1 Å². The Morgan fingerprint density at radius 2 is 2.37 bits per heavy atom. The SMILES string of the molecule is C=Cc1nc2c(s1)c(C)c(C(=O)N(CO)N=C)n2C. The number of thiazole rings is 1. The van der Waals surface area contributed by atoms with Crippen LogP contribution in [0.5, 0.6) is 0 Å². The molecule has 0 aromatic carbocycles. The Labute approximate surface area is 114 Å². The summed E-state index contributed by atoms with van der Waals surface area (Å²) < 4.78 is 2.63. The van der Waals surface area contributed by atoms with Crippen LogP contribution in [-0.2, 0) is 7.05 Å². The van der Waals surface area contributed by atoms with E-state index in [-0.39, 0.29) is 0 Å². The number of hydrogen-bond donors (Lipinski definition) is 1. The monoisotopic (exact) mass is 278 g/mol. The second kappa shape index (κ2) is 4.94. The molecule has 0 aliphatic rings. The first-order chi connectivity index (χ1) is 9.04. The van der Waals surface area contributed by atoms with Crippen LogP contribution in [0.3, 0.4) is 0 Å². The van der Waals surface area contributed by atoms with Crippen molar-refractivity contribution in [3.05, 3.63) is 22.8 Å². The summed E-state index contributed by atoms with van der Waals surface area (Å²) in [7, 11) is 1.76. The van der Waals surface area contributed by atoms with E-state index < -0.39 is 12.6 Å². The van der Waals surface area contributed by atoms with Crippen molar-refractivity contribution in [2.24, 2.45) is 12.1 Å². The maximum Gasteiger partial charge on any atom is 0.293 e. The number of aryl methyl sites for hydroxylation is 2. The van der Waals surface area contributed by atoms with Crippen LogP contribution in [0.15, 0.2) is 11.7 Å². The lowest BCUT2D eigenvalue weighted by Gasteiger charge is -2.14. The van der Waals surface area contributed by atoms with Crippen molar-refractivity contribution in [2.45, 2.75) is 6.92 Å². The van der Waals surface area contributed by atoms with Gasteiger partial charge in [0.25, 0.3) is 5.91 Å². The molecule has 6 nitrogen and oxygen atoms in total. The largest absolute Gasteiger partial charge is 0.374 e. The molecule has 19 heavy (non-hydrogen) atoms. The number of hydrogen-bond acceptors (Lipinski definition) is 5. The van der Waals surface area contributed by atoms with Crippen molar-refractivity contribution in [1.82, 2.24) is 14.6 Å². The van der Waals surface area contributed by atoms with Crippen molar-refractivity contribution in [3.8, 4) is 0 Å². The molecular weight excluding hydrogens is 264 g/mol. The van der Waals surface area contributed by atoms with Gasteiger partial charge in [-0.3, -0.25) is 4.79 Å². The Morgan fingerprint density at radius 3 is 2.84 bits per heavy atom. The topological polar surface area (TPSA) is 70.7 Å². The van der Waals surface area contributed by atoms with Gasteiger partial charge < -0.3 is 9.67 Å². The van der Waals surface area contributed by atoms with E-state index in [0.29, 0.717) is 5.69 Å². The molecule has 0 atom stereocenters. The normalized spacial score (nSPS) is 10.7. The highest BCUT2D eigenvalue weighted by Gasteiger charge is 2.24. The third-order valence-corrected chi connectivity index (χ3v) is 4.05. The van der Waals surface area contributed by atoms with E-state index >= 15 is 0 Å². The molecule has 0 aliphatic carbocycles. The van der Waals surface area contributed by atoms with Crippen LogP contribution in [0.2, 0.25) is 0 Å². The van der Waals surface area contributed by atoms with Gasteiger partial charge in [0.05, 0.1) is 4.70 Å². The van der Waals surface area contributed by atoms with Gasteiger partial charge in [0.1, 0.15) is 17.4 Å². The summed E-state index contributed by atoms with van der Waals surface area (Å²) in [5.41, 5.74) is 1.99. The van der Waals surface area contributed by atoms with Crippen LogP contribution in [0.25, 0.3) is 16.4 Å². The summed E-state index contributed by atoms with van der Waals surface area (Å²) in [4.78, 5) is 16.6. The van der Waals surface area contributed by atoms with E-state index in [9.17, 15) is 4.79 Å². The Kier molecular flexibility index (Phi) is 3.50. The number of hydrazone groups is 1. The van der Waals surface area contributed by atoms with Gasteiger partial charge in [-0.2, -0.15) is 5.10 Å². The molecule has 2 aromatic heterocycles. The number of amides is 1. The Morgan fingerprint density at radius 1 is 1.68 bits per heavy atom. The summed E-state index contributed by atoms with van der Waals surface area (Å²) >= 11 is 1.47. The van der Waals surface area contributed by atoms with E-state index in [4.69, 9.17) is 5.11 Å². The molecule has 100 valence electrons. The minimum absolute atomic E-state index is 0.400. The first-order valence-corrected chi connectivity index (χ1v) is 6.34. The fraction of sp³-hybridized carbons (Fsp3) is 0.250. The van der Waals surface area contributed by atoms with Crippen molar-refractivity contribution in [2.75, 3.05) is 6.73 Å². The number of aliphatic hydroxyl groups is 1.